The summed E-state index contributed by atoms with van der Waals surface area (Å²) in [4.78, 5) is 26.1. The molecule has 5 heteroatoms. The van der Waals surface area contributed by atoms with Gasteiger partial charge in [0.1, 0.15) is 0 Å². The number of carbonyl (C=O) groups excluding carboxylic acids is 2. The lowest BCUT2D eigenvalue weighted by Crippen LogP contribution is -2.55. The van der Waals surface area contributed by atoms with E-state index in [0.717, 1.165) is 6.54 Å². The number of likely N-dealkylation sites (tertiary alicyclic amines) is 1. The summed E-state index contributed by atoms with van der Waals surface area (Å²) in [6, 6.07) is 0. The fourth-order valence-electron chi connectivity index (χ4n) is 1.45. The van der Waals surface area contributed by atoms with Crippen LogP contribution in [-0.4, -0.2) is 61.9 Å². The molecular formula is C10H19N3O2. The van der Waals surface area contributed by atoms with Gasteiger partial charge in [0.05, 0.1) is 5.92 Å². The highest BCUT2D eigenvalue weighted by Gasteiger charge is 2.33. The molecule has 0 saturated carbocycles. The normalized spacial score (nSPS) is 16.4. The second-order valence-electron chi connectivity index (χ2n) is 4.22. The van der Waals surface area contributed by atoms with Crippen molar-refractivity contribution in [2.75, 3.05) is 40.3 Å². The van der Waals surface area contributed by atoms with Gasteiger partial charge in [-0.1, -0.05) is 0 Å². The fraction of sp³-hybridized carbons (Fsp3) is 0.800. The van der Waals surface area contributed by atoms with Gasteiger partial charge in [-0.3, -0.25) is 9.59 Å². The summed E-state index contributed by atoms with van der Waals surface area (Å²) in [7, 11) is 3.93. The fourth-order valence-corrected chi connectivity index (χ4v) is 1.45. The molecule has 0 aromatic carbocycles. The van der Waals surface area contributed by atoms with Gasteiger partial charge in [0.15, 0.2) is 0 Å². The van der Waals surface area contributed by atoms with Gasteiger partial charge < -0.3 is 15.1 Å². The van der Waals surface area contributed by atoms with Crippen LogP contribution in [0.1, 0.15) is 6.92 Å². The molecule has 15 heavy (non-hydrogen) atoms. The van der Waals surface area contributed by atoms with Crippen molar-refractivity contribution in [3.63, 3.8) is 0 Å². The quantitative estimate of drug-likeness (QED) is 0.661. The zero-order valence-electron chi connectivity index (χ0n) is 9.62. The summed E-state index contributed by atoms with van der Waals surface area (Å²) in [5, 5.41) is 2.86. The number of hydrogen-bond donors (Lipinski definition) is 1. The maximum absolute atomic E-state index is 11.5. The van der Waals surface area contributed by atoms with Crippen molar-refractivity contribution in [1.29, 1.82) is 0 Å². The minimum absolute atomic E-state index is 0.00365. The molecule has 1 N–H and O–H groups in total. The molecule has 0 radical (unpaired) electrons. The monoisotopic (exact) mass is 213 g/mol. The topological polar surface area (TPSA) is 52.7 Å². The summed E-state index contributed by atoms with van der Waals surface area (Å²) in [6.45, 7) is 4.18. The van der Waals surface area contributed by atoms with Crippen molar-refractivity contribution >= 4 is 11.8 Å². The Morgan fingerprint density at radius 2 is 2.00 bits per heavy atom. The third-order valence-corrected chi connectivity index (χ3v) is 2.56. The number of amides is 2. The molecule has 5 nitrogen and oxygen atoms in total. The van der Waals surface area contributed by atoms with Crippen LogP contribution >= 0.6 is 0 Å². The summed E-state index contributed by atoms with van der Waals surface area (Å²) in [6.07, 6.45) is 0. The number of nitrogens with one attached hydrogen (secondary N) is 1. The van der Waals surface area contributed by atoms with Crippen LogP contribution in [0.3, 0.4) is 0 Å². The van der Waals surface area contributed by atoms with Crippen molar-refractivity contribution < 1.29 is 9.59 Å². The summed E-state index contributed by atoms with van der Waals surface area (Å²) >= 11 is 0. The van der Waals surface area contributed by atoms with Gasteiger partial charge in [-0.05, 0) is 14.1 Å². The van der Waals surface area contributed by atoms with Crippen molar-refractivity contribution in [3.8, 4) is 0 Å². The van der Waals surface area contributed by atoms with Crippen molar-refractivity contribution in [2.45, 2.75) is 6.92 Å². The molecule has 2 amide bonds. The smallest absolute Gasteiger partial charge is 0.226 e. The maximum Gasteiger partial charge on any atom is 0.226 e. The van der Waals surface area contributed by atoms with Crippen LogP contribution in [0.15, 0.2) is 0 Å². The third kappa shape index (κ3) is 3.51. The molecule has 0 unspecified atom stereocenters. The number of hydrogen-bond acceptors (Lipinski definition) is 3. The molecule has 0 atom stereocenters. The van der Waals surface area contributed by atoms with E-state index < -0.39 is 0 Å². The molecule has 0 aliphatic carbocycles. The van der Waals surface area contributed by atoms with E-state index in [-0.39, 0.29) is 17.7 Å². The van der Waals surface area contributed by atoms with Crippen LogP contribution in [0.2, 0.25) is 0 Å². The van der Waals surface area contributed by atoms with E-state index in [0.29, 0.717) is 19.6 Å². The highest BCUT2D eigenvalue weighted by molar-refractivity contribution is 5.83. The maximum atomic E-state index is 11.5. The Hall–Kier alpha value is -1.10. The van der Waals surface area contributed by atoms with E-state index in [1.807, 2.05) is 19.0 Å². The highest BCUT2D eigenvalue weighted by atomic mass is 16.2. The molecule has 0 bridgehead atoms. The Kier molecular flexibility index (Phi) is 4.08. The first-order chi connectivity index (χ1) is 7.00. The van der Waals surface area contributed by atoms with E-state index in [9.17, 15) is 9.59 Å². The first kappa shape index (κ1) is 12.0. The van der Waals surface area contributed by atoms with Crippen LogP contribution in [0.5, 0.6) is 0 Å². The molecule has 0 aromatic heterocycles. The molecule has 0 aromatic rings. The first-order valence-corrected chi connectivity index (χ1v) is 5.18. The van der Waals surface area contributed by atoms with E-state index in [1.165, 1.54) is 6.92 Å². The van der Waals surface area contributed by atoms with Crippen molar-refractivity contribution in [2.24, 2.45) is 5.92 Å². The number of nitrogens with zero attached hydrogens (tertiary/aromatic N) is 2. The lowest BCUT2D eigenvalue weighted by Gasteiger charge is -2.37. The van der Waals surface area contributed by atoms with E-state index in [4.69, 9.17) is 0 Å². The minimum Gasteiger partial charge on any atom is -0.354 e. The SMILES string of the molecule is CC(=O)N1CC(C(=O)NCCN(C)C)C1. The van der Waals surface area contributed by atoms with Crippen molar-refractivity contribution in [1.82, 2.24) is 15.1 Å². The van der Waals surface area contributed by atoms with Crippen LogP contribution in [0.4, 0.5) is 0 Å². The summed E-state index contributed by atoms with van der Waals surface area (Å²) in [5.41, 5.74) is 0. The van der Waals surface area contributed by atoms with Crippen molar-refractivity contribution in [3.05, 3.63) is 0 Å². The molecule has 1 aliphatic rings. The highest BCUT2D eigenvalue weighted by Crippen LogP contribution is 2.14. The number of likely N-dealkylation sites (N-methyl/N-ethyl adjacent to an activating group) is 1. The van der Waals surface area contributed by atoms with Crippen LogP contribution in [0, 0.1) is 5.92 Å². The van der Waals surface area contributed by atoms with Gasteiger partial charge in [-0.15, -0.1) is 0 Å². The molecule has 86 valence electrons. The molecular weight excluding hydrogens is 194 g/mol. The molecule has 0 spiro atoms. The summed E-state index contributed by atoms with van der Waals surface area (Å²) in [5.74, 6) is 0.109. The Balaban J connectivity index is 2.13. The Labute approximate surface area is 90.4 Å². The minimum atomic E-state index is -0.00365. The predicted molar refractivity (Wildman–Crippen MR) is 57.3 cm³/mol. The second kappa shape index (κ2) is 5.11. The van der Waals surface area contributed by atoms with Crippen LogP contribution < -0.4 is 5.32 Å². The third-order valence-electron chi connectivity index (χ3n) is 2.56. The predicted octanol–water partition coefficient (Wildman–Crippen LogP) is -0.857. The van der Waals surface area contributed by atoms with E-state index in [2.05, 4.69) is 5.32 Å². The number of rotatable bonds is 4. The zero-order valence-corrected chi connectivity index (χ0v) is 9.62. The van der Waals surface area contributed by atoms with Gasteiger partial charge in [0.25, 0.3) is 0 Å². The van der Waals surface area contributed by atoms with E-state index >= 15 is 0 Å². The Bertz CT molecular complexity index is 247. The standard InChI is InChI=1S/C10H19N3O2/c1-8(14)13-6-9(7-13)10(15)11-4-5-12(2)3/h9H,4-7H2,1-3H3,(H,11,15). The lowest BCUT2D eigenvalue weighted by molar-refractivity contribution is -0.141. The number of carbonyl (C=O) groups is 2. The molecule has 1 fully saturated rings. The van der Waals surface area contributed by atoms with Gasteiger partial charge in [-0.25, -0.2) is 0 Å². The average molecular weight is 213 g/mol. The lowest BCUT2D eigenvalue weighted by atomic mass is 9.99. The largest absolute Gasteiger partial charge is 0.354 e. The van der Waals surface area contributed by atoms with Gasteiger partial charge in [-0.2, -0.15) is 0 Å². The Morgan fingerprint density at radius 1 is 1.40 bits per heavy atom. The summed E-state index contributed by atoms with van der Waals surface area (Å²) < 4.78 is 0. The van der Waals surface area contributed by atoms with Gasteiger partial charge >= 0.3 is 0 Å². The Morgan fingerprint density at radius 3 is 2.47 bits per heavy atom. The van der Waals surface area contributed by atoms with Crippen LogP contribution in [0.25, 0.3) is 0 Å². The molecule has 1 rings (SSSR count). The molecule has 1 saturated heterocycles. The van der Waals surface area contributed by atoms with Gasteiger partial charge in [0, 0.05) is 33.1 Å². The van der Waals surface area contributed by atoms with E-state index in [1.54, 1.807) is 4.90 Å². The zero-order chi connectivity index (χ0) is 11.4. The second-order valence-corrected chi connectivity index (χ2v) is 4.22. The van der Waals surface area contributed by atoms with Crippen LogP contribution in [-0.2, 0) is 9.59 Å². The first-order valence-electron chi connectivity index (χ1n) is 5.18. The molecule has 1 aliphatic heterocycles. The molecule has 1 heterocycles. The van der Waals surface area contributed by atoms with Gasteiger partial charge in [0.2, 0.25) is 11.8 Å². The average Bonchev–Trinajstić information content (AvgIpc) is 1.99.